The average molecular weight is 456 g/mol. The Morgan fingerprint density at radius 3 is 1.48 bits per heavy atom. The first-order valence-corrected chi connectivity index (χ1v) is 13.5. The Balaban J connectivity index is 0.00000261. The zero-order chi connectivity index (χ0) is 19.3. The SMILES string of the molecule is C.[B]P1(=S)OC[C@H]2O[C@@H](C)[C@@H](O)C2OP([B])(=S)OC[C@H]2O[C@@H](C)[C@@H](O)C2O1. The standard InChI is InChI=1S/C12H20B2O8P2S2.CH4/c1-5-9(15)11-7(19-5)3-17-24(14,26)22-12-8(20-6(2)10(12)16)4-18-23(13,25)21-11;/h5-12,15-16H,3-4H2,1-2H3;1H4/t5-,6-,7+,8+,9+,10+,11?,12?,23?,24?;/m0./s1. The van der Waals surface area contributed by atoms with Crippen LogP contribution in [0.4, 0.5) is 0 Å². The summed E-state index contributed by atoms with van der Waals surface area (Å²) in [6.07, 6.45) is -12.5. The second-order valence-electron chi connectivity index (χ2n) is 6.55. The van der Waals surface area contributed by atoms with Gasteiger partial charge in [0.05, 0.1) is 25.4 Å². The van der Waals surface area contributed by atoms with E-state index in [1.165, 1.54) is 0 Å². The van der Waals surface area contributed by atoms with Crippen molar-refractivity contribution in [1.29, 1.82) is 0 Å². The van der Waals surface area contributed by atoms with Crippen molar-refractivity contribution < 1.29 is 37.8 Å². The van der Waals surface area contributed by atoms with Crippen LogP contribution in [0.3, 0.4) is 0 Å². The molecule has 3 aliphatic rings. The molecule has 0 bridgehead atoms. The van der Waals surface area contributed by atoms with E-state index in [1.54, 1.807) is 13.8 Å². The predicted molar refractivity (Wildman–Crippen MR) is 109 cm³/mol. The van der Waals surface area contributed by atoms with E-state index in [0.29, 0.717) is 0 Å². The molecule has 0 aliphatic carbocycles. The van der Waals surface area contributed by atoms with Crippen molar-refractivity contribution in [3.8, 4) is 0 Å². The minimum Gasteiger partial charge on any atom is -0.388 e. The molecule has 0 spiro atoms. The number of aliphatic hydroxyl groups excluding tert-OH is 2. The molecule has 3 rings (SSSR count). The lowest BCUT2D eigenvalue weighted by atomic mass is 10.1. The minimum absolute atomic E-state index is 0. The van der Waals surface area contributed by atoms with E-state index in [9.17, 15) is 10.2 Å². The summed E-state index contributed by atoms with van der Waals surface area (Å²) >= 11 is 10.5. The fourth-order valence-electron chi connectivity index (χ4n) is 3.12. The topological polar surface area (TPSA) is 95.8 Å². The Bertz CT molecular complexity index is 579. The lowest BCUT2D eigenvalue weighted by Crippen LogP contribution is -2.39. The number of aliphatic hydroxyl groups is 2. The molecular weight excluding hydrogens is 432 g/mol. The van der Waals surface area contributed by atoms with Crippen LogP contribution in [0.1, 0.15) is 21.3 Å². The number of ether oxygens (including phenoxy) is 2. The molecular formula is C13H24B2O8P2S2. The van der Waals surface area contributed by atoms with Crippen LogP contribution in [-0.4, -0.2) is 87.4 Å². The Morgan fingerprint density at radius 1 is 0.815 bits per heavy atom. The van der Waals surface area contributed by atoms with Gasteiger partial charge < -0.3 is 37.8 Å². The largest absolute Gasteiger partial charge is 0.388 e. The maximum absolute atomic E-state index is 10.3. The molecule has 2 N–H and O–H groups in total. The number of hydrogen-bond donors (Lipinski definition) is 2. The third-order valence-electron chi connectivity index (χ3n) is 4.52. The summed E-state index contributed by atoms with van der Waals surface area (Å²) in [5, 5.41) is 20.6. The molecule has 4 unspecified atom stereocenters. The quantitative estimate of drug-likeness (QED) is 0.397. The molecule has 0 saturated carbocycles. The van der Waals surface area contributed by atoms with Gasteiger partial charge in [0.2, 0.25) is 0 Å². The van der Waals surface area contributed by atoms with Gasteiger partial charge in [-0.15, -0.1) is 0 Å². The van der Waals surface area contributed by atoms with Crippen LogP contribution in [0.5, 0.6) is 0 Å². The zero-order valence-electron chi connectivity index (χ0n) is 14.2. The molecule has 0 aromatic heterocycles. The fourth-order valence-corrected chi connectivity index (χ4v) is 6.12. The van der Waals surface area contributed by atoms with Crippen molar-refractivity contribution in [2.45, 2.75) is 70.1 Å². The Labute approximate surface area is 172 Å². The highest BCUT2D eigenvalue weighted by molar-refractivity contribution is 8.21. The molecule has 10 atom stereocenters. The van der Waals surface area contributed by atoms with E-state index in [2.05, 4.69) is 0 Å². The smallest absolute Gasteiger partial charge is 0.200 e. The number of hydrogen-bond acceptors (Lipinski definition) is 10. The lowest BCUT2D eigenvalue weighted by molar-refractivity contribution is -0.0257. The first-order valence-electron chi connectivity index (χ1n) is 8.09. The molecule has 3 fully saturated rings. The van der Waals surface area contributed by atoms with Gasteiger partial charge in [-0.1, -0.05) is 7.43 Å². The third kappa shape index (κ3) is 5.63. The third-order valence-corrected chi connectivity index (χ3v) is 7.76. The second-order valence-corrected chi connectivity index (χ2v) is 12.7. The Kier molecular flexibility index (Phi) is 8.20. The molecule has 3 aliphatic heterocycles. The van der Waals surface area contributed by atoms with E-state index in [0.717, 1.165) is 0 Å². The Morgan fingerprint density at radius 2 is 1.15 bits per heavy atom. The van der Waals surface area contributed by atoms with Crippen LogP contribution in [0.15, 0.2) is 0 Å². The van der Waals surface area contributed by atoms with E-state index in [1.807, 2.05) is 0 Å². The maximum atomic E-state index is 10.3. The van der Waals surface area contributed by atoms with E-state index in [-0.39, 0.29) is 20.6 Å². The molecule has 0 aromatic rings. The fraction of sp³-hybridized carbons (Fsp3) is 1.00. The van der Waals surface area contributed by atoms with Crippen LogP contribution in [0, 0.1) is 0 Å². The summed E-state index contributed by atoms with van der Waals surface area (Å²) in [5.41, 5.74) is 0. The highest BCUT2D eigenvalue weighted by atomic mass is 32.5. The zero-order valence-corrected chi connectivity index (χ0v) is 17.7. The van der Waals surface area contributed by atoms with Gasteiger partial charge in [-0.05, 0) is 37.5 Å². The van der Waals surface area contributed by atoms with Crippen molar-refractivity contribution >= 4 is 51.5 Å². The van der Waals surface area contributed by atoms with Gasteiger partial charge in [-0.25, -0.2) is 0 Å². The van der Waals surface area contributed by atoms with Gasteiger partial charge in [0.25, 0.3) is 0 Å². The molecule has 27 heavy (non-hydrogen) atoms. The average Bonchev–Trinajstić information content (AvgIpc) is 2.95. The molecule has 152 valence electrons. The molecule has 0 aromatic carbocycles. The van der Waals surface area contributed by atoms with Crippen molar-refractivity contribution in [1.82, 2.24) is 0 Å². The summed E-state index contributed by atoms with van der Waals surface area (Å²) in [7, 11) is 12.0. The molecule has 14 heteroatoms. The minimum atomic E-state index is -3.22. The van der Waals surface area contributed by atoms with Gasteiger partial charge in [-0.3, -0.25) is 0 Å². The van der Waals surface area contributed by atoms with Crippen molar-refractivity contribution in [3.63, 3.8) is 0 Å². The maximum Gasteiger partial charge on any atom is 0.200 e. The summed E-state index contributed by atoms with van der Waals surface area (Å²) < 4.78 is 33.8. The summed E-state index contributed by atoms with van der Waals surface area (Å²) in [5.74, 6) is 0. The van der Waals surface area contributed by atoms with E-state index < -0.39 is 61.6 Å². The van der Waals surface area contributed by atoms with Gasteiger partial charge in [0.1, 0.15) is 49.4 Å². The van der Waals surface area contributed by atoms with Crippen molar-refractivity contribution in [2.75, 3.05) is 13.2 Å². The first-order chi connectivity index (χ1) is 12.0. The molecule has 3 saturated heterocycles. The van der Waals surface area contributed by atoms with Gasteiger partial charge in [0.15, 0.2) is 15.1 Å². The predicted octanol–water partition coefficient (Wildman–Crippen LogP) is 0.522. The molecule has 4 radical (unpaired) electrons. The first kappa shape index (κ1) is 24.4. The van der Waals surface area contributed by atoms with Crippen LogP contribution < -0.4 is 0 Å². The highest BCUT2D eigenvalue weighted by Crippen LogP contribution is 2.51. The normalized spacial score (nSPS) is 54.1. The van der Waals surface area contributed by atoms with Crippen LogP contribution in [0.2, 0.25) is 0 Å². The van der Waals surface area contributed by atoms with Crippen LogP contribution in [0.25, 0.3) is 0 Å². The number of rotatable bonds is 0. The summed E-state index contributed by atoms with van der Waals surface area (Å²) in [6, 6.07) is 0. The van der Waals surface area contributed by atoms with Crippen LogP contribution >= 0.6 is 12.7 Å². The molecule has 8 nitrogen and oxygen atoms in total. The van der Waals surface area contributed by atoms with Crippen molar-refractivity contribution in [3.05, 3.63) is 0 Å². The van der Waals surface area contributed by atoms with Gasteiger partial charge >= 0.3 is 0 Å². The van der Waals surface area contributed by atoms with Gasteiger partial charge in [-0.2, -0.15) is 0 Å². The van der Waals surface area contributed by atoms with Crippen LogP contribution in [-0.2, 0) is 51.2 Å². The summed E-state index contributed by atoms with van der Waals surface area (Å²) in [6.45, 7) is 3.20. The monoisotopic (exact) mass is 456 g/mol. The summed E-state index contributed by atoms with van der Waals surface area (Å²) in [4.78, 5) is 0. The second kappa shape index (κ2) is 9.08. The van der Waals surface area contributed by atoms with E-state index in [4.69, 9.17) is 66.3 Å². The van der Waals surface area contributed by atoms with E-state index >= 15 is 0 Å². The number of fused-ring (bicyclic) bond motifs is 2. The van der Waals surface area contributed by atoms with Crippen molar-refractivity contribution in [2.24, 2.45) is 0 Å². The lowest BCUT2D eigenvalue weighted by Gasteiger charge is -2.33. The highest BCUT2D eigenvalue weighted by Gasteiger charge is 2.48. The molecule has 3 heterocycles. The van der Waals surface area contributed by atoms with Gasteiger partial charge in [0, 0.05) is 0 Å². The molecule has 0 amide bonds. The Hall–Kier alpha value is 1.11.